The molecule has 0 aliphatic rings. The molecule has 2 aromatic carbocycles. The van der Waals surface area contributed by atoms with Crippen molar-refractivity contribution >= 4 is 29.1 Å². The number of amides is 1. The number of nitrogens with one attached hydrogen (secondary N) is 2. The number of H-pyrrole nitrogens is 1. The fraction of sp³-hybridized carbons (Fsp3) is 0.158. The number of rotatable bonds is 5. The van der Waals surface area contributed by atoms with Crippen molar-refractivity contribution in [3.63, 3.8) is 0 Å². The summed E-state index contributed by atoms with van der Waals surface area (Å²) in [5, 5.41) is 21.2. The molecular formula is C19H17Cl2N3O2. The molecule has 7 heteroatoms. The molecule has 0 fully saturated rings. The Morgan fingerprint density at radius 1 is 1.15 bits per heavy atom. The predicted octanol–water partition coefficient (Wildman–Crippen LogP) is 4.24. The van der Waals surface area contributed by atoms with Crippen LogP contribution in [0.3, 0.4) is 0 Å². The second-order valence-corrected chi connectivity index (χ2v) is 6.80. The van der Waals surface area contributed by atoms with Crippen LogP contribution in [0.2, 0.25) is 10.0 Å². The van der Waals surface area contributed by atoms with E-state index < -0.39 is 12.1 Å². The molecule has 3 rings (SSSR count). The third kappa shape index (κ3) is 4.07. The summed E-state index contributed by atoms with van der Waals surface area (Å²) in [4.78, 5) is 12.6. The number of hydrogen-bond donors (Lipinski definition) is 3. The van der Waals surface area contributed by atoms with E-state index in [1.807, 2.05) is 0 Å². The summed E-state index contributed by atoms with van der Waals surface area (Å²) in [5.41, 5.74) is 2.40. The monoisotopic (exact) mass is 389 g/mol. The van der Waals surface area contributed by atoms with Gasteiger partial charge in [0.25, 0.3) is 5.91 Å². The second kappa shape index (κ2) is 7.91. The van der Waals surface area contributed by atoms with Crippen LogP contribution in [0.5, 0.6) is 0 Å². The molecule has 0 saturated heterocycles. The molecule has 1 heterocycles. The van der Waals surface area contributed by atoms with Gasteiger partial charge in [-0.1, -0.05) is 47.5 Å². The van der Waals surface area contributed by atoms with E-state index >= 15 is 0 Å². The lowest BCUT2D eigenvalue weighted by atomic mass is 10.0. The number of aliphatic hydroxyl groups excluding tert-OH is 1. The van der Waals surface area contributed by atoms with E-state index in [2.05, 4.69) is 15.5 Å². The van der Waals surface area contributed by atoms with Gasteiger partial charge >= 0.3 is 0 Å². The van der Waals surface area contributed by atoms with Gasteiger partial charge in [0.2, 0.25) is 0 Å². The standard InChI is InChI=1S/C19H17Cl2N3O2/c1-11(18(25)13-3-2-4-15(21)9-13)23-19(26)16-10-22-24-17(16)12-5-7-14(20)8-6-12/h2-11,18,25H,1H3,(H,22,24)(H,23,26). The molecule has 0 saturated carbocycles. The van der Waals surface area contributed by atoms with Crippen LogP contribution in [0, 0.1) is 0 Å². The zero-order chi connectivity index (χ0) is 18.7. The summed E-state index contributed by atoms with van der Waals surface area (Å²) in [6.07, 6.45) is 0.570. The predicted molar refractivity (Wildman–Crippen MR) is 102 cm³/mol. The largest absolute Gasteiger partial charge is 0.386 e. The van der Waals surface area contributed by atoms with Crippen molar-refractivity contribution < 1.29 is 9.90 Å². The topological polar surface area (TPSA) is 78.0 Å². The van der Waals surface area contributed by atoms with E-state index in [-0.39, 0.29) is 5.91 Å². The Bertz CT molecular complexity index is 909. The molecule has 3 N–H and O–H groups in total. The average Bonchev–Trinajstić information content (AvgIpc) is 3.11. The van der Waals surface area contributed by atoms with Crippen molar-refractivity contribution in [1.82, 2.24) is 15.5 Å². The Morgan fingerprint density at radius 2 is 1.88 bits per heavy atom. The van der Waals surface area contributed by atoms with Crippen molar-refractivity contribution in [3.05, 3.63) is 75.9 Å². The van der Waals surface area contributed by atoms with Crippen LogP contribution in [0.25, 0.3) is 11.3 Å². The molecule has 26 heavy (non-hydrogen) atoms. The van der Waals surface area contributed by atoms with Crippen LogP contribution in [-0.2, 0) is 0 Å². The molecule has 0 aliphatic heterocycles. The third-order valence-electron chi connectivity index (χ3n) is 4.04. The lowest BCUT2D eigenvalue weighted by Gasteiger charge is -2.21. The van der Waals surface area contributed by atoms with Crippen molar-refractivity contribution in [2.45, 2.75) is 19.1 Å². The van der Waals surface area contributed by atoms with E-state index in [0.717, 1.165) is 5.56 Å². The summed E-state index contributed by atoms with van der Waals surface area (Å²) in [6, 6.07) is 13.5. The maximum absolute atomic E-state index is 12.6. The van der Waals surface area contributed by atoms with Gasteiger partial charge in [0, 0.05) is 15.6 Å². The number of carbonyl (C=O) groups is 1. The number of hydrogen-bond acceptors (Lipinski definition) is 3. The zero-order valence-electron chi connectivity index (χ0n) is 13.9. The summed E-state index contributed by atoms with van der Waals surface area (Å²) in [7, 11) is 0. The normalized spacial score (nSPS) is 13.2. The van der Waals surface area contributed by atoms with Crippen LogP contribution < -0.4 is 5.32 Å². The van der Waals surface area contributed by atoms with Gasteiger partial charge in [-0.3, -0.25) is 9.89 Å². The summed E-state index contributed by atoms with van der Waals surface area (Å²) < 4.78 is 0. The van der Waals surface area contributed by atoms with E-state index in [4.69, 9.17) is 23.2 Å². The highest BCUT2D eigenvalue weighted by molar-refractivity contribution is 6.30. The summed E-state index contributed by atoms with van der Waals surface area (Å²) in [6.45, 7) is 1.73. The van der Waals surface area contributed by atoms with E-state index in [0.29, 0.717) is 26.9 Å². The third-order valence-corrected chi connectivity index (χ3v) is 4.53. The first-order chi connectivity index (χ1) is 12.5. The Labute approximate surface area is 161 Å². The fourth-order valence-corrected chi connectivity index (χ4v) is 2.96. The molecule has 0 aliphatic carbocycles. The van der Waals surface area contributed by atoms with Crippen LogP contribution in [0.4, 0.5) is 0 Å². The molecule has 5 nitrogen and oxygen atoms in total. The summed E-state index contributed by atoms with van der Waals surface area (Å²) >= 11 is 11.9. The maximum Gasteiger partial charge on any atom is 0.255 e. The molecule has 3 aromatic rings. The van der Waals surface area contributed by atoms with Gasteiger partial charge in [-0.05, 0) is 36.8 Å². The molecular weight excluding hydrogens is 373 g/mol. The van der Waals surface area contributed by atoms with Gasteiger partial charge in [0.05, 0.1) is 29.6 Å². The molecule has 2 atom stereocenters. The first-order valence-electron chi connectivity index (χ1n) is 7.99. The molecule has 1 amide bonds. The maximum atomic E-state index is 12.6. The van der Waals surface area contributed by atoms with Gasteiger partial charge in [-0.15, -0.1) is 0 Å². The van der Waals surface area contributed by atoms with Gasteiger partial charge in [0.1, 0.15) is 0 Å². The molecule has 0 radical (unpaired) electrons. The minimum atomic E-state index is -0.886. The highest BCUT2D eigenvalue weighted by Gasteiger charge is 2.22. The Kier molecular flexibility index (Phi) is 5.61. The highest BCUT2D eigenvalue weighted by atomic mass is 35.5. The smallest absolute Gasteiger partial charge is 0.255 e. The zero-order valence-corrected chi connectivity index (χ0v) is 15.4. The fourth-order valence-electron chi connectivity index (χ4n) is 2.64. The van der Waals surface area contributed by atoms with Crippen molar-refractivity contribution in [2.24, 2.45) is 0 Å². The lowest BCUT2D eigenvalue weighted by molar-refractivity contribution is 0.0853. The van der Waals surface area contributed by atoms with E-state index in [1.54, 1.807) is 55.5 Å². The van der Waals surface area contributed by atoms with Crippen molar-refractivity contribution in [1.29, 1.82) is 0 Å². The minimum Gasteiger partial charge on any atom is -0.386 e. The second-order valence-electron chi connectivity index (χ2n) is 5.93. The number of halogens is 2. The Hall–Kier alpha value is -2.34. The van der Waals surface area contributed by atoms with E-state index in [1.165, 1.54) is 6.20 Å². The molecule has 1 aromatic heterocycles. The number of carbonyl (C=O) groups excluding carboxylic acids is 1. The molecule has 0 bridgehead atoms. The van der Waals surface area contributed by atoms with Crippen LogP contribution in [-0.4, -0.2) is 27.3 Å². The SMILES string of the molecule is CC(NC(=O)c1cn[nH]c1-c1ccc(Cl)cc1)C(O)c1cccc(Cl)c1. The number of aromatic amines is 1. The number of aromatic nitrogens is 2. The Balaban J connectivity index is 1.76. The van der Waals surface area contributed by atoms with Crippen molar-refractivity contribution in [2.75, 3.05) is 0 Å². The lowest BCUT2D eigenvalue weighted by Crippen LogP contribution is -2.37. The highest BCUT2D eigenvalue weighted by Crippen LogP contribution is 2.24. The van der Waals surface area contributed by atoms with Gasteiger partial charge in [-0.2, -0.15) is 5.10 Å². The number of nitrogens with zero attached hydrogens (tertiary/aromatic N) is 1. The molecule has 134 valence electrons. The van der Waals surface area contributed by atoms with Crippen LogP contribution >= 0.6 is 23.2 Å². The molecule has 0 spiro atoms. The quantitative estimate of drug-likeness (QED) is 0.610. The van der Waals surface area contributed by atoms with Crippen molar-refractivity contribution in [3.8, 4) is 11.3 Å². The molecule has 2 unspecified atom stereocenters. The minimum absolute atomic E-state index is 0.336. The number of benzene rings is 2. The number of aliphatic hydroxyl groups is 1. The first-order valence-corrected chi connectivity index (χ1v) is 8.75. The van der Waals surface area contributed by atoms with E-state index in [9.17, 15) is 9.90 Å². The Morgan fingerprint density at radius 3 is 2.58 bits per heavy atom. The first kappa shape index (κ1) is 18.5. The average molecular weight is 390 g/mol. The van der Waals surface area contributed by atoms with Gasteiger partial charge in [-0.25, -0.2) is 0 Å². The van der Waals surface area contributed by atoms with Gasteiger partial charge < -0.3 is 10.4 Å². The van der Waals surface area contributed by atoms with Gasteiger partial charge in [0.15, 0.2) is 0 Å². The summed E-state index contributed by atoms with van der Waals surface area (Å²) in [5.74, 6) is -0.336. The van der Waals surface area contributed by atoms with Crippen LogP contribution in [0.15, 0.2) is 54.7 Å². The van der Waals surface area contributed by atoms with Crippen LogP contribution in [0.1, 0.15) is 28.9 Å².